The SMILES string of the molecule is O=C1N[C@@H](Cc2c[nH]c3ccccc23)C(=O)N2C[C@@H](NCc3cnn(-c4ccccc4F)c3)C[C@@H]12. The van der Waals surface area contributed by atoms with E-state index in [9.17, 15) is 14.0 Å². The molecule has 178 valence electrons. The lowest BCUT2D eigenvalue weighted by atomic mass is 10.0. The van der Waals surface area contributed by atoms with Crippen LogP contribution in [0.2, 0.25) is 0 Å². The van der Waals surface area contributed by atoms with Gasteiger partial charge in [-0.15, -0.1) is 0 Å². The monoisotopic (exact) mass is 472 g/mol. The molecule has 2 saturated heterocycles. The molecule has 3 atom stereocenters. The molecule has 2 aliphatic rings. The van der Waals surface area contributed by atoms with Gasteiger partial charge in [-0.3, -0.25) is 9.59 Å². The molecule has 3 N–H and O–H groups in total. The first-order valence-corrected chi connectivity index (χ1v) is 11.7. The first kappa shape index (κ1) is 21.5. The number of benzene rings is 2. The summed E-state index contributed by atoms with van der Waals surface area (Å²) in [6.45, 7) is 0.983. The number of fused-ring (bicyclic) bond motifs is 2. The Morgan fingerprint density at radius 2 is 1.94 bits per heavy atom. The second-order valence-electron chi connectivity index (χ2n) is 9.19. The van der Waals surface area contributed by atoms with E-state index in [0.29, 0.717) is 31.6 Å². The van der Waals surface area contributed by atoms with Gasteiger partial charge in [0.2, 0.25) is 11.8 Å². The Labute approximate surface area is 201 Å². The highest BCUT2D eigenvalue weighted by Crippen LogP contribution is 2.26. The Balaban J connectivity index is 1.10. The van der Waals surface area contributed by atoms with Gasteiger partial charge in [0.05, 0.1) is 6.20 Å². The molecule has 0 unspecified atom stereocenters. The van der Waals surface area contributed by atoms with Crippen molar-refractivity contribution in [3.63, 3.8) is 0 Å². The van der Waals surface area contributed by atoms with Crippen molar-refractivity contribution >= 4 is 22.7 Å². The highest BCUT2D eigenvalue weighted by atomic mass is 19.1. The summed E-state index contributed by atoms with van der Waals surface area (Å²) in [7, 11) is 0. The van der Waals surface area contributed by atoms with E-state index in [0.717, 1.165) is 22.0 Å². The van der Waals surface area contributed by atoms with Crippen LogP contribution in [-0.2, 0) is 22.6 Å². The maximum absolute atomic E-state index is 14.0. The van der Waals surface area contributed by atoms with Crippen molar-refractivity contribution in [1.29, 1.82) is 0 Å². The third-order valence-electron chi connectivity index (χ3n) is 6.93. The molecule has 0 spiro atoms. The maximum Gasteiger partial charge on any atom is 0.246 e. The molecule has 4 heterocycles. The standard InChI is InChI=1S/C26H25FN6O2/c27-20-6-2-4-8-23(20)33-14-16(12-30-33)11-28-18-10-24-25(34)31-22(26(35)32(24)15-18)9-17-13-29-21-7-3-1-5-19(17)21/h1-8,12-14,18,22,24,28-29H,9-11,15H2,(H,31,34)/t18-,22-,24-/m0/s1. The fourth-order valence-corrected chi connectivity index (χ4v) is 5.15. The highest BCUT2D eigenvalue weighted by molar-refractivity contribution is 5.98. The van der Waals surface area contributed by atoms with E-state index in [4.69, 9.17) is 0 Å². The lowest BCUT2D eigenvalue weighted by Crippen LogP contribution is -2.61. The third-order valence-corrected chi connectivity index (χ3v) is 6.93. The normalized spacial score (nSPS) is 22.0. The summed E-state index contributed by atoms with van der Waals surface area (Å²) >= 11 is 0. The van der Waals surface area contributed by atoms with Crippen molar-refractivity contribution < 1.29 is 14.0 Å². The molecule has 0 radical (unpaired) electrons. The van der Waals surface area contributed by atoms with Crippen molar-refractivity contribution in [3.05, 3.63) is 84.1 Å². The molecule has 35 heavy (non-hydrogen) atoms. The zero-order chi connectivity index (χ0) is 23.9. The van der Waals surface area contributed by atoms with Crippen LogP contribution in [0.25, 0.3) is 16.6 Å². The lowest BCUT2D eigenvalue weighted by Gasteiger charge is -2.34. The number of halogens is 1. The number of nitrogens with one attached hydrogen (secondary N) is 3. The number of para-hydroxylation sites is 2. The average molecular weight is 473 g/mol. The first-order chi connectivity index (χ1) is 17.1. The van der Waals surface area contributed by atoms with E-state index in [1.165, 1.54) is 10.7 Å². The molecule has 6 rings (SSSR count). The van der Waals surface area contributed by atoms with Gasteiger partial charge in [-0.05, 0) is 30.2 Å². The van der Waals surface area contributed by atoms with E-state index in [1.807, 2.05) is 30.5 Å². The second-order valence-corrected chi connectivity index (χ2v) is 9.19. The second kappa shape index (κ2) is 8.66. The zero-order valence-corrected chi connectivity index (χ0v) is 18.9. The molecular weight excluding hydrogens is 447 g/mol. The van der Waals surface area contributed by atoms with Gasteiger partial charge in [0.25, 0.3) is 0 Å². The molecule has 2 amide bonds. The van der Waals surface area contributed by atoms with Crippen molar-refractivity contribution in [2.45, 2.75) is 37.5 Å². The number of carbonyl (C=O) groups excluding carboxylic acids is 2. The molecule has 0 bridgehead atoms. The maximum atomic E-state index is 14.0. The van der Waals surface area contributed by atoms with Gasteiger partial charge >= 0.3 is 0 Å². The Kier molecular flexibility index (Phi) is 5.33. The van der Waals surface area contributed by atoms with Crippen molar-refractivity contribution in [2.75, 3.05) is 6.54 Å². The van der Waals surface area contributed by atoms with Crippen molar-refractivity contribution in [2.24, 2.45) is 0 Å². The number of aromatic nitrogens is 3. The van der Waals surface area contributed by atoms with Gasteiger partial charge in [-0.2, -0.15) is 5.10 Å². The fraction of sp³-hybridized carbons (Fsp3) is 0.269. The van der Waals surface area contributed by atoms with Crippen LogP contribution < -0.4 is 10.6 Å². The lowest BCUT2D eigenvalue weighted by molar-refractivity contribution is -0.146. The molecule has 4 aromatic rings. The van der Waals surface area contributed by atoms with Gasteiger partial charge in [-0.1, -0.05) is 30.3 Å². The van der Waals surface area contributed by atoms with Crippen LogP contribution in [-0.4, -0.2) is 56.1 Å². The van der Waals surface area contributed by atoms with Crippen LogP contribution >= 0.6 is 0 Å². The zero-order valence-electron chi connectivity index (χ0n) is 18.9. The molecule has 9 heteroatoms. The van der Waals surface area contributed by atoms with Crippen molar-refractivity contribution in [3.8, 4) is 5.69 Å². The Morgan fingerprint density at radius 3 is 2.83 bits per heavy atom. The minimum absolute atomic E-state index is 0.0154. The van der Waals surface area contributed by atoms with Crippen LogP contribution in [0, 0.1) is 5.82 Å². The van der Waals surface area contributed by atoms with E-state index < -0.39 is 12.1 Å². The summed E-state index contributed by atoms with van der Waals surface area (Å²) < 4.78 is 15.5. The van der Waals surface area contributed by atoms with Crippen LogP contribution in [0.1, 0.15) is 17.5 Å². The summed E-state index contributed by atoms with van der Waals surface area (Å²) in [6, 6.07) is 13.4. The first-order valence-electron chi connectivity index (χ1n) is 11.7. The number of piperazine rings is 1. The van der Waals surface area contributed by atoms with Gasteiger partial charge < -0.3 is 20.5 Å². The van der Waals surface area contributed by atoms with Crippen LogP contribution in [0.3, 0.4) is 0 Å². The topological polar surface area (TPSA) is 95.1 Å². The molecular formula is C26H25FN6O2. The molecule has 8 nitrogen and oxygen atoms in total. The number of hydrogen-bond acceptors (Lipinski definition) is 4. The predicted octanol–water partition coefficient (Wildman–Crippen LogP) is 2.29. The highest BCUT2D eigenvalue weighted by Gasteiger charge is 2.46. The number of rotatable bonds is 6. The van der Waals surface area contributed by atoms with E-state index >= 15 is 0 Å². The smallest absolute Gasteiger partial charge is 0.246 e. The molecule has 2 aromatic carbocycles. The van der Waals surface area contributed by atoms with Gasteiger partial charge in [-0.25, -0.2) is 9.07 Å². The molecule has 2 aromatic heterocycles. The fourth-order valence-electron chi connectivity index (χ4n) is 5.15. The number of carbonyl (C=O) groups is 2. The summed E-state index contributed by atoms with van der Waals surface area (Å²) in [5.74, 6) is -0.489. The number of amides is 2. The average Bonchev–Trinajstić information content (AvgIpc) is 3.60. The van der Waals surface area contributed by atoms with E-state index in [2.05, 4.69) is 20.7 Å². The number of aromatic amines is 1. The van der Waals surface area contributed by atoms with E-state index in [-0.39, 0.29) is 23.7 Å². The Hall–Kier alpha value is -3.98. The van der Waals surface area contributed by atoms with E-state index in [1.54, 1.807) is 35.5 Å². The number of H-pyrrole nitrogens is 1. The molecule has 2 fully saturated rings. The predicted molar refractivity (Wildman–Crippen MR) is 128 cm³/mol. The number of nitrogens with zero attached hydrogens (tertiary/aromatic N) is 3. The molecule has 0 aliphatic carbocycles. The summed E-state index contributed by atoms with van der Waals surface area (Å²) in [6.07, 6.45) is 6.38. The van der Waals surface area contributed by atoms with Crippen LogP contribution in [0.4, 0.5) is 4.39 Å². The Bertz CT molecular complexity index is 1410. The quantitative estimate of drug-likeness (QED) is 0.401. The van der Waals surface area contributed by atoms with Gasteiger partial charge in [0.15, 0.2) is 0 Å². The van der Waals surface area contributed by atoms with Gasteiger partial charge in [0.1, 0.15) is 23.6 Å². The minimum atomic E-state index is -0.573. The molecule has 0 saturated carbocycles. The summed E-state index contributed by atoms with van der Waals surface area (Å²) in [5, 5.41) is 11.7. The van der Waals surface area contributed by atoms with Gasteiger partial charge in [0, 0.05) is 54.4 Å². The van der Waals surface area contributed by atoms with Crippen molar-refractivity contribution in [1.82, 2.24) is 30.3 Å². The third kappa shape index (κ3) is 3.97. The number of hydrogen-bond donors (Lipinski definition) is 3. The minimum Gasteiger partial charge on any atom is -0.361 e. The molecule has 2 aliphatic heterocycles. The summed E-state index contributed by atoms with van der Waals surface area (Å²) in [4.78, 5) is 31.0. The Morgan fingerprint density at radius 1 is 1.11 bits per heavy atom. The van der Waals surface area contributed by atoms with Crippen LogP contribution in [0.15, 0.2) is 67.1 Å². The summed E-state index contributed by atoms with van der Waals surface area (Å²) in [5.41, 5.74) is 3.31. The largest absolute Gasteiger partial charge is 0.361 e. The van der Waals surface area contributed by atoms with Crippen LogP contribution in [0.5, 0.6) is 0 Å².